The Balaban J connectivity index is 1.19. The summed E-state index contributed by atoms with van der Waals surface area (Å²) in [5, 5.41) is 11.4. The van der Waals surface area contributed by atoms with Crippen molar-refractivity contribution in [3.8, 4) is 33.8 Å². The number of benzene rings is 2. The number of carbonyl (C=O) groups excluding carboxylic acids is 1. The van der Waals surface area contributed by atoms with Gasteiger partial charge in [-0.25, -0.2) is 14.4 Å². The van der Waals surface area contributed by atoms with Crippen LogP contribution in [0.25, 0.3) is 55.8 Å². The van der Waals surface area contributed by atoms with E-state index in [0.717, 1.165) is 89.3 Å². The number of hydrogen-bond acceptors (Lipinski definition) is 6. The van der Waals surface area contributed by atoms with Crippen LogP contribution < -0.4 is 5.32 Å². The molecule has 1 saturated carbocycles. The van der Waals surface area contributed by atoms with E-state index in [1.807, 2.05) is 44.4 Å². The maximum absolute atomic E-state index is 14.8. The van der Waals surface area contributed by atoms with Crippen LogP contribution in [-0.4, -0.2) is 61.6 Å². The van der Waals surface area contributed by atoms with E-state index in [0.29, 0.717) is 22.9 Å². The number of aromatic nitrogens is 6. The largest absolute Gasteiger partial charge is 0.337 e. The summed E-state index contributed by atoms with van der Waals surface area (Å²) < 4.78 is 14.8. The molecule has 1 fully saturated rings. The first-order valence-corrected chi connectivity index (χ1v) is 16.0. The molecule has 1 amide bonds. The molecular weight excluding hydrogens is 579 g/mol. The fourth-order valence-corrected chi connectivity index (χ4v) is 6.45. The molecule has 0 atom stereocenters. The Morgan fingerprint density at radius 1 is 1.00 bits per heavy atom. The van der Waals surface area contributed by atoms with Crippen molar-refractivity contribution in [3.05, 3.63) is 78.5 Å². The summed E-state index contributed by atoms with van der Waals surface area (Å²) in [6.45, 7) is 0.942. The number of H-pyrrole nitrogens is 2. The molecule has 9 nitrogen and oxygen atoms in total. The lowest BCUT2D eigenvalue weighted by Crippen LogP contribution is -2.24. The van der Waals surface area contributed by atoms with Crippen molar-refractivity contribution >= 4 is 33.7 Å². The highest BCUT2D eigenvalue weighted by atomic mass is 19.1. The fourth-order valence-electron chi connectivity index (χ4n) is 6.45. The Labute approximate surface area is 266 Å². The Bertz CT molecular complexity index is 2020. The Morgan fingerprint density at radius 3 is 2.70 bits per heavy atom. The molecule has 234 valence electrons. The molecule has 0 saturated heterocycles. The van der Waals surface area contributed by atoms with Crippen LogP contribution in [0.3, 0.4) is 0 Å². The number of para-hydroxylation sites is 1. The Hall–Kier alpha value is -4.96. The highest BCUT2D eigenvalue weighted by molar-refractivity contribution is 5.98. The minimum atomic E-state index is -0.254. The van der Waals surface area contributed by atoms with E-state index in [4.69, 9.17) is 4.98 Å². The summed E-state index contributed by atoms with van der Waals surface area (Å²) in [4.78, 5) is 32.4. The van der Waals surface area contributed by atoms with Crippen molar-refractivity contribution in [1.29, 1.82) is 0 Å². The van der Waals surface area contributed by atoms with E-state index in [-0.39, 0.29) is 17.6 Å². The average Bonchev–Trinajstić information content (AvgIpc) is 3.69. The second-order valence-corrected chi connectivity index (χ2v) is 12.5. The number of hydrogen-bond donors (Lipinski definition) is 3. The van der Waals surface area contributed by atoms with Crippen LogP contribution in [-0.2, 0) is 11.2 Å². The third-order valence-corrected chi connectivity index (χ3v) is 8.81. The number of anilines is 1. The highest BCUT2D eigenvalue weighted by Crippen LogP contribution is 2.34. The molecule has 0 spiro atoms. The molecule has 0 radical (unpaired) electrons. The number of amides is 1. The number of nitrogens with zero attached hydrogens (tertiary/aromatic N) is 5. The molecule has 2 aromatic carbocycles. The molecule has 10 heteroatoms. The van der Waals surface area contributed by atoms with Gasteiger partial charge in [0.1, 0.15) is 11.5 Å². The van der Waals surface area contributed by atoms with Gasteiger partial charge in [-0.2, -0.15) is 5.10 Å². The van der Waals surface area contributed by atoms with E-state index in [1.165, 1.54) is 6.42 Å². The van der Waals surface area contributed by atoms with Gasteiger partial charge in [-0.3, -0.25) is 14.9 Å². The second kappa shape index (κ2) is 12.8. The van der Waals surface area contributed by atoms with Crippen LogP contribution in [0.4, 0.5) is 10.1 Å². The van der Waals surface area contributed by atoms with E-state index >= 15 is 0 Å². The third-order valence-electron chi connectivity index (χ3n) is 8.81. The minimum absolute atomic E-state index is 0.0595. The summed E-state index contributed by atoms with van der Waals surface area (Å²) in [5.41, 5.74) is 7.81. The van der Waals surface area contributed by atoms with Crippen molar-refractivity contribution in [2.45, 2.75) is 44.9 Å². The molecule has 4 aromatic heterocycles. The van der Waals surface area contributed by atoms with Gasteiger partial charge in [-0.1, -0.05) is 37.5 Å². The number of imidazole rings is 1. The summed E-state index contributed by atoms with van der Waals surface area (Å²) >= 11 is 0. The number of rotatable bonds is 9. The van der Waals surface area contributed by atoms with Gasteiger partial charge in [0, 0.05) is 35.0 Å². The molecule has 6 aromatic rings. The first-order chi connectivity index (χ1) is 22.4. The lowest BCUT2D eigenvalue weighted by molar-refractivity contribution is -0.120. The summed E-state index contributed by atoms with van der Waals surface area (Å²) in [6, 6.07) is 15.1. The number of carbonyl (C=O) groups is 1. The van der Waals surface area contributed by atoms with Crippen LogP contribution in [0, 0.1) is 11.7 Å². The van der Waals surface area contributed by atoms with Gasteiger partial charge in [-0.15, -0.1) is 0 Å². The first kappa shape index (κ1) is 29.7. The molecule has 0 aliphatic heterocycles. The Morgan fingerprint density at radius 2 is 1.85 bits per heavy atom. The average molecular weight is 617 g/mol. The molecule has 46 heavy (non-hydrogen) atoms. The normalized spacial score (nSPS) is 14.0. The molecule has 0 bridgehead atoms. The van der Waals surface area contributed by atoms with E-state index < -0.39 is 0 Å². The van der Waals surface area contributed by atoms with Crippen LogP contribution >= 0.6 is 0 Å². The van der Waals surface area contributed by atoms with E-state index in [9.17, 15) is 9.18 Å². The SMILES string of the molecule is CN(C)CCCc1cc(F)cc(-c2cccc3[nH]c(-c4[nH]nc5ncc(-c6cncc(NC(=O)C7CCCCC7)c6)cc45)nc23)c1. The number of aryl methyl sites for hydroxylation is 1. The van der Waals surface area contributed by atoms with Gasteiger partial charge in [0.15, 0.2) is 11.5 Å². The lowest BCUT2D eigenvalue weighted by atomic mass is 9.88. The van der Waals surface area contributed by atoms with Gasteiger partial charge in [0.2, 0.25) is 5.91 Å². The predicted molar refractivity (Wildman–Crippen MR) is 180 cm³/mol. The molecule has 4 heterocycles. The van der Waals surface area contributed by atoms with Gasteiger partial charge in [-0.05, 0) is 87.8 Å². The zero-order valence-electron chi connectivity index (χ0n) is 26.1. The van der Waals surface area contributed by atoms with Crippen molar-refractivity contribution in [2.24, 2.45) is 5.92 Å². The van der Waals surface area contributed by atoms with Crippen molar-refractivity contribution in [2.75, 3.05) is 26.0 Å². The van der Waals surface area contributed by atoms with Gasteiger partial charge < -0.3 is 15.2 Å². The molecule has 7 rings (SSSR count). The number of aromatic amines is 2. The van der Waals surface area contributed by atoms with Crippen molar-refractivity contribution < 1.29 is 9.18 Å². The first-order valence-electron chi connectivity index (χ1n) is 16.0. The second-order valence-electron chi connectivity index (χ2n) is 12.5. The number of nitrogens with one attached hydrogen (secondary N) is 3. The van der Waals surface area contributed by atoms with Gasteiger partial charge in [0.25, 0.3) is 0 Å². The van der Waals surface area contributed by atoms with Gasteiger partial charge >= 0.3 is 0 Å². The Kier molecular flexibility index (Phi) is 8.28. The molecule has 1 aliphatic rings. The topological polar surface area (TPSA) is 115 Å². The zero-order valence-corrected chi connectivity index (χ0v) is 26.1. The minimum Gasteiger partial charge on any atom is -0.337 e. The zero-order chi connectivity index (χ0) is 31.6. The smallest absolute Gasteiger partial charge is 0.227 e. The van der Waals surface area contributed by atoms with Crippen LogP contribution in [0.15, 0.2) is 67.1 Å². The fraction of sp³-hybridized carbons (Fsp3) is 0.306. The van der Waals surface area contributed by atoms with Crippen LogP contribution in [0.1, 0.15) is 44.1 Å². The highest BCUT2D eigenvalue weighted by Gasteiger charge is 2.22. The van der Waals surface area contributed by atoms with Gasteiger partial charge in [0.05, 0.1) is 28.3 Å². The molecular formula is C36H37FN8O. The standard InChI is InChI=1S/C36H37FN8O/c1-45(2)13-7-8-22-14-24(16-27(37)15-22)29-11-6-12-31-32(29)42-35(41-31)33-30-18-26(20-39-34(30)44-43-33)25-17-28(21-38-19-25)40-36(46)23-9-4-3-5-10-23/h6,11-12,14-21,23H,3-5,7-10,13H2,1-2H3,(H,40,46)(H,41,42)(H,39,43,44). The maximum atomic E-state index is 14.8. The predicted octanol–water partition coefficient (Wildman–Crippen LogP) is 7.38. The summed E-state index contributed by atoms with van der Waals surface area (Å²) in [5.74, 6) is 0.477. The third kappa shape index (κ3) is 6.25. The number of halogens is 1. The van der Waals surface area contributed by atoms with Crippen LogP contribution in [0.5, 0.6) is 0 Å². The molecule has 3 N–H and O–H groups in total. The summed E-state index contributed by atoms with van der Waals surface area (Å²) in [6.07, 6.45) is 12.2. The number of fused-ring (bicyclic) bond motifs is 2. The number of pyridine rings is 2. The summed E-state index contributed by atoms with van der Waals surface area (Å²) in [7, 11) is 4.09. The quantitative estimate of drug-likeness (QED) is 0.156. The van der Waals surface area contributed by atoms with E-state index in [1.54, 1.807) is 30.7 Å². The van der Waals surface area contributed by atoms with E-state index in [2.05, 4.69) is 41.4 Å². The lowest BCUT2D eigenvalue weighted by Gasteiger charge is -2.20. The van der Waals surface area contributed by atoms with Crippen molar-refractivity contribution in [1.82, 2.24) is 35.0 Å². The van der Waals surface area contributed by atoms with Crippen LogP contribution in [0.2, 0.25) is 0 Å². The molecule has 0 unspecified atom stereocenters. The maximum Gasteiger partial charge on any atom is 0.227 e. The molecule has 1 aliphatic carbocycles. The van der Waals surface area contributed by atoms with Crippen molar-refractivity contribution in [3.63, 3.8) is 0 Å². The monoisotopic (exact) mass is 616 g/mol.